The Labute approximate surface area is 164 Å². The highest BCUT2D eigenvalue weighted by Crippen LogP contribution is 2.13. The molecule has 0 saturated carbocycles. The molecule has 0 bridgehead atoms. The second kappa shape index (κ2) is 10.6. The van der Waals surface area contributed by atoms with Gasteiger partial charge in [-0.3, -0.25) is 4.99 Å². The molecule has 132 valence electrons. The number of aromatic nitrogens is 1. The van der Waals surface area contributed by atoms with Gasteiger partial charge in [0.1, 0.15) is 5.82 Å². The van der Waals surface area contributed by atoms with Gasteiger partial charge in [-0.15, -0.1) is 35.3 Å². The highest BCUT2D eigenvalue weighted by Gasteiger charge is 2.03. The molecule has 4 nitrogen and oxygen atoms in total. The lowest BCUT2D eigenvalue weighted by atomic mass is 10.1. The number of nitrogens with one attached hydrogen (secondary N) is 2. The molecule has 0 amide bonds. The SMILES string of the molecule is CCc1cnc(CCNC(=NC)NCc2ccc(F)c(C)c2)s1.I. The molecule has 0 aliphatic heterocycles. The van der Waals surface area contributed by atoms with Gasteiger partial charge in [-0.2, -0.15) is 0 Å². The third-order valence-corrected chi connectivity index (χ3v) is 4.69. The molecule has 24 heavy (non-hydrogen) atoms. The number of halogens is 2. The Morgan fingerprint density at radius 2 is 2.12 bits per heavy atom. The summed E-state index contributed by atoms with van der Waals surface area (Å²) in [7, 11) is 1.74. The van der Waals surface area contributed by atoms with E-state index in [-0.39, 0.29) is 29.8 Å². The van der Waals surface area contributed by atoms with Crippen molar-refractivity contribution in [1.29, 1.82) is 0 Å². The van der Waals surface area contributed by atoms with E-state index in [9.17, 15) is 4.39 Å². The van der Waals surface area contributed by atoms with E-state index < -0.39 is 0 Å². The van der Waals surface area contributed by atoms with Crippen molar-refractivity contribution in [3.63, 3.8) is 0 Å². The van der Waals surface area contributed by atoms with Crippen LogP contribution in [0.5, 0.6) is 0 Å². The lowest BCUT2D eigenvalue weighted by Crippen LogP contribution is -2.37. The van der Waals surface area contributed by atoms with Crippen LogP contribution in [0.25, 0.3) is 0 Å². The maximum atomic E-state index is 13.3. The van der Waals surface area contributed by atoms with Crippen molar-refractivity contribution in [3.8, 4) is 0 Å². The van der Waals surface area contributed by atoms with E-state index in [1.165, 1.54) is 10.9 Å². The fraction of sp³-hybridized carbons (Fsp3) is 0.412. The molecule has 1 aromatic carbocycles. The number of guanidine groups is 1. The maximum Gasteiger partial charge on any atom is 0.191 e. The highest BCUT2D eigenvalue weighted by molar-refractivity contribution is 14.0. The highest BCUT2D eigenvalue weighted by atomic mass is 127. The van der Waals surface area contributed by atoms with Crippen molar-refractivity contribution in [3.05, 3.63) is 51.2 Å². The van der Waals surface area contributed by atoms with Gasteiger partial charge in [-0.25, -0.2) is 9.37 Å². The number of hydrogen-bond acceptors (Lipinski definition) is 3. The molecular formula is C17H24FIN4S. The summed E-state index contributed by atoms with van der Waals surface area (Å²) in [4.78, 5) is 9.92. The molecule has 0 aliphatic carbocycles. The summed E-state index contributed by atoms with van der Waals surface area (Å²) in [5, 5.41) is 7.65. The van der Waals surface area contributed by atoms with Crippen LogP contribution in [-0.4, -0.2) is 24.5 Å². The predicted molar refractivity (Wildman–Crippen MR) is 110 cm³/mol. The Morgan fingerprint density at radius 3 is 2.75 bits per heavy atom. The van der Waals surface area contributed by atoms with Crippen LogP contribution >= 0.6 is 35.3 Å². The lowest BCUT2D eigenvalue weighted by Gasteiger charge is -2.12. The number of nitrogens with zero attached hydrogens (tertiary/aromatic N) is 2. The summed E-state index contributed by atoms with van der Waals surface area (Å²) >= 11 is 1.76. The van der Waals surface area contributed by atoms with Crippen LogP contribution in [0.1, 0.15) is 27.9 Å². The molecule has 2 rings (SSSR count). The molecule has 1 heterocycles. The molecule has 1 aromatic heterocycles. The first-order valence-electron chi connectivity index (χ1n) is 7.75. The van der Waals surface area contributed by atoms with Crippen molar-refractivity contribution in [2.24, 2.45) is 4.99 Å². The molecule has 7 heteroatoms. The van der Waals surface area contributed by atoms with Crippen LogP contribution in [0.3, 0.4) is 0 Å². The molecular weight excluding hydrogens is 438 g/mol. The summed E-state index contributed by atoms with van der Waals surface area (Å²) in [6.07, 6.45) is 3.86. The summed E-state index contributed by atoms with van der Waals surface area (Å²) in [6.45, 7) is 5.29. The largest absolute Gasteiger partial charge is 0.356 e. The van der Waals surface area contributed by atoms with Crippen LogP contribution in [-0.2, 0) is 19.4 Å². The molecule has 0 saturated heterocycles. The molecule has 2 aromatic rings. The van der Waals surface area contributed by atoms with Gasteiger partial charge < -0.3 is 10.6 Å². The first-order chi connectivity index (χ1) is 11.1. The van der Waals surface area contributed by atoms with Crippen molar-refractivity contribution < 1.29 is 4.39 Å². The Kier molecular flexibility index (Phi) is 9.20. The zero-order chi connectivity index (χ0) is 16.7. The van der Waals surface area contributed by atoms with Gasteiger partial charge in [0.05, 0.1) is 5.01 Å². The van der Waals surface area contributed by atoms with Gasteiger partial charge in [-0.05, 0) is 30.5 Å². The van der Waals surface area contributed by atoms with E-state index in [1.54, 1.807) is 31.4 Å². The molecule has 0 atom stereocenters. The van der Waals surface area contributed by atoms with Gasteiger partial charge in [0.2, 0.25) is 0 Å². The van der Waals surface area contributed by atoms with E-state index in [0.29, 0.717) is 12.1 Å². The van der Waals surface area contributed by atoms with E-state index in [2.05, 4.69) is 27.5 Å². The van der Waals surface area contributed by atoms with Gasteiger partial charge in [0, 0.05) is 37.6 Å². The van der Waals surface area contributed by atoms with E-state index in [1.807, 2.05) is 12.3 Å². The fourth-order valence-electron chi connectivity index (χ4n) is 2.14. The van der Waals surface area contributed by atoms with Crippen molar-refractivity contribution in [2.75, 3.05) is 13.6 Å². The summed E-state index contributed by atoms with van der Waals surface area (Å²) < 4.78 is 13.3. The first-order valence-corrected chi connectivity index (χ1v) is 8.57. The van der Waals surface area contributed by atoms with Crippen molar-refractivity contribution in [2.45, 2.75) is 33.2 Å². The fourth-order valence-corrected chi connectivity index (χ4v) is 3.00. The molecule has 0 unspecified atom stereocenters. The number of hydrogen-bond donors (Lipinski definition) is 2. The van der Waals surface area contributed by atoms with Crippen molar-refractivity contribution >= 4 is 41.3 Å². The molecule has 0 radical (unpaired) electrons. The minimum Gasteiger partial charge on any atom is -0.356 e. The van der Waals surface area contributed by atoms with Gasteiger partial charge >= 0.3 is 0 Å². The van der Waals surface area contributed by atoms with Crippen molar-refractivity contribution in [1.82, 2.24) is 15.6 Å². The average molecular weight is 462 g/mol. The Balaban J connectivity index is 0.00000288. The molecule has 2 N–H and O–H groups in total. The van der Waals surface area contributed by atoms with Crippen LogP contribution in [0.2, 0.25) is 0 Å². The van der Waals surface area contributed by atoms with Crippen LogP contribution < -0.4 is 10.6 Å². The number of thiazole rings is 1. The topological polar surface area (TPSA) is 49.3 Å². The van der Waals surface area contributed by atoms with E-state index in [4.69, 9.17) is 0 Å². The van der Waals surface area contributed by atoms with Crippen LogP contribution in [0.15, 0.2) is 29.4 Å². The Hall–Kier alpha value is -1.22. The second-order valence-corrected chi connectivity index (χ2v) is 6.46. The number of rotatable bonds is 6. The van der Waals surface area contributed by atoms with Gasteiger partial charge in [0.25, 0.3) is 0 Å². The zero-order valence-corrected chi connectivity index (χ0v) is 17.4. The van der Waals surface area contributed by atoms with E-state index >= 15 is 0 Å². The third kappa shape index (κ3) is 6.35. The quantitative estimate of drug-likeness (QED) is 0.391. The summed E-state index contributed by atoms with van der Waals surface area (Å²) in [6, 6.07) is 5.12. The molecule has 0 aliphatic rings. The molecule has 0 fully saturated rings. The van der Waals surface area contributed by atoms with Gasteiger partial charge in [-0.1, -0.05) is 19.1 Å². The summed E-state index contributed by atoms with van der Waals surface area (Å²) in [5.41, 5.74) is 1.68. The summed E-state index contributed by atoms with van der Waals surface area (Å²) in [5.74, 6) is 0.561. The Morgan fingerprint density at radius 1 is 1.33 bits per heavy atom. The Bertz CT molecular complexity index is 672. The normalized spacial score (nSPS) is 11.1. The van der Waals surface area contributed by atoms with Gasteiger partial charge in [0.15, 0.2) is 5.96 Å². The molecule has 0 spiro atoms. The zero-order valence-electron chi connectivity index (χ0n) is 14.2. The van der Waals surface area contributed by atoms with Crippen LogP contribution in [0.4, 0.5) is 4.39 Å². The number of aryl methyl sites for hydroxylation is 2. The van der Waals surface area contributed by atoms with E-state index in [0.717, 1.165) is 35.9 Å². The number of benzene rings is 1. The monoisotopic (exact) mass is 462 g/mol. The van der Waals surface area contributed by atoms with Crippen LogP contribution in [0, 0.1) is 12.7 Å². The minimum atomic E-state index is -0.175. The minimum absolute atomic E-state index is 0. The standard InChI is InChI=1S/C17H23FN4S.HI/c1-4-14-11-21-16(23-14)7-8-20-17(19-3)22-10-13-5-6-15(18)12(2)9-13;/h5-6,9,11H,4,7-8,10H2,1-3H3,(H2,19,20,22);1H. The first kappa shape index (κ1) is 20.8. The lowest BCUT2D eigenvalue weighted by molar-refractivity contribution is 0.617. The number of aliphatic imine (C=N–C) groups is 1. The smallest absolute Gasteiger partial charge is 0.191 e. The average Bonchev–Trinajstić information content (AvgIpc) is 3.02. The second-order valence-electron chi connectivity index (χ2n) is 5.26. The third-order valence-electron chi connectivity index (χ3n) is 3.49. The maximum absolute atomic E-state index is 13.3. The predicted octanol–water partition coefficient (Wildman–Crippen LogP) is 3.68.